The minimum atomic E-state index is -0.290. The molecule has 6 heteroatoms. The third kappa shape index (κ3) is 3.21. The summed E-state index contributed by atoms with van der Waals surface area (Å²) in [6.07, 6.45) is 1.51. The average molecular weight is 350 g/mol. The topological polar surface area (TPSA) is 73.5 Å². The Hall–Kier alpha value is -2.70. The lowest BCUT2D eigenvalue weighted by Crippen LogP contribution is -2.39. The van der Waals surface area contributed by atoms with Gasteiger partial charge in [-0.3, -0.25) is 9.59 Å². The van der Waals surface area contributed by atoms with Gasteiger partial charge in [-0.05, 0) is 42.2 Å². The maximum absolute atomic E-state index is 12.6. The first-order chi connectivity index (χ1) is 12.6. The van der Waals surface area contributed by atoms with Gasteiger partial charge in [-0.25, -0.2) is 10.9 Å². The van der Waals surface area contributed by atoms with Gasteiger partial charge >= 0.3 is 0 Å². The number of hydrazine groups is 1. The molecule has 0 spiro atoms. The predicted octanol–water partition coefficient (Wildman–Crippen LogP) is 2.14. The maximum Gasteiger partial charge on any atom is 0.242 e. The number of hydrogen-bond acceptors (Lipinski definition) is 4. The highest BCUT2D eigenvalue weighted by Gasteiger charge is 2.30. The third-order valence-electron chi connectivity index (χ3n) is 5.04. The van der Waals surface area contributed by atoms with Gasteiger partial charge in [-0.2, -0.15) is 0 Å². The van der Waals surface area contributed by atoms with Gasteiger partial charge in [0.15, 0.2) is 0 Å². The molecule has 6 nitrogen and oxygen atoms in total. The monoisotopic (exact) mass is 350 g/mol. The molecule has 26 heavy (non-hydrogen) atoms. The van der Waals surface area contributed by atoms with Crippen molar-refractivity contribution < 1.29 is 9.59 Å². The van der Waals surface area contributed by atoms with Crippen LogP contribution in [-0.4, -0.2) is 24.4 Å². The Labute approximate surface area is 152 Å². The number of benzene rings is 2. The van der Waals surface area contributed by atoms with Crippen LogP contribution in [0.3, 0.4) is 0 Å². The first-order valence-corrected chi connectivity index (χ1v) is 8.90. The lowest BCUT2D eigenvalue weighted by atomic mass is 10.0. The fourth-order valence-corrected chi connectivity index (χ4v) is 3.67. The second kappa shape index (κ2) is 6.90. The van der Waals surface area contributed by atoms with Crippen LogP contribution in [0.5, 0.6) is 0 Å². The smallest absolute Gasteiger partial charge is 0.242 e. The van der Waals surface area contributed by atoms with Gasteiger partial charge in [0, 0.05) is 30.9 Å². The van der Waals surface area contributed by atoms with E-state index in [4.69, 9.17) is 0 Å². The lowest BCUT2D eigenvalue weighted by Gasteiger charge is -2.15. The van der Waals surface area contributed by atoms with Crippen molar-refractivity contribution in [1.29, 1.82) is 0 Å². The number of hydrogen-bond donors (Lipinski definition) is 3. The summed E-state index contributed by atoms with van der Waals surface area (Å²) in [5.41, 5.74) is 10.3. The molecular formula is C20H22N4O2. The number of nitrogens with one attached hydrogen (secondary N) is 3. The Kier molecular flexibility index (Phi) is 4.44. The van der Waals surface area contributed by atoms with Crippen LogP contribution in [0.1, 0.15) is 30.5 Å². The van der Waals surface area contributed by atoms with E-state index in [9.17, 15) is 9.59 Å². The number of anilines is 2. The summed E-state index contributed by atoms with van der Waals surface area (Å²) in [5, 5.41) is 2.98. The Balaban J connectivity index is 1.41. The highest BCUT2D eigenvalue weighted by molar-refractivity contribution is 5.97. The normalized spacial score (nSPS) is 21.5. The number of nitrogens with zero attached hydrogens (tertiary/aromatic N) is 1. The van der Waals surface area contributed by atoms with Crippen LogP contribution in [0.2, 0.25) is 0 Å². The van der Waals surface area contributed by atoms with Gasteiger partial charge in [0.2, 0.25) is 11.8 Å². The Morgan fingerprint density at radius 1 is 1.12 bits per heavy atom. The summed E-state index contributed by atoms with van der Waals surface area (Å²) < 4.78 is 0. The van der Waals surface area contributed by atoms with E-state index >= 15 is 0 Å². The second-order valence-corrected chi connectivity index (χ2v) is 6.79. The summed E-state index contributed by atoms with van der Waals surface area (Å²) in [7, 11) is 0. The molecule has 2 aromatic rings. The molecular weight excluding hydrogens is 328 g/mol. The van der Waals surface area contributed by atoms with Crippen molar-refractivity contribution in [2.45, 2.75) is 31.8 Å². The largest absolute Gasteiger partial charge is 0.325 e. The van der Waals surface area contributed by atoms with E-state index in [1.54, 1.807) is 11.8 Å². The molecule has 134 valence electrons. The van der Waals surface area contributed by atoms with Gasteiger partial charge in [0.05, 0.1) is 0 Å². The molecule has 1 saturated heterocycles. The van der Waals surface area contributed by atoms with Crippen molar-refractivity contribution in [3.05, 3.63) is 59.7 Å². The average Bonchev–Trinajstić information content (AvgIpc) is 3.29. The highest BCUT2D eigenvalue weighted by atomic mass is 16.2. The van der Waals surface area contributed by atoms with E-state index in [1.807, 2.05) is 36.4 Å². The van der Waals surface area contributed by atoms with Crippen molar-refractivity contribution in [1.82, 2.24) is 10.9 Å². The first-order valence-electron chi connectivity index (χ1n) is 8.90. The molecule has 0 aromatic heterocycles. The van der Waals surface area contributed by atoms with E-state index in [0.29, 0.717) is 13.0 Å². The Morgan fingerprint density at radius 2 is 1.92 bits per heavy atom. The minimum absolute atomic E-state index is 0.0497. The minimum Gasteiger partial charge on any atom is -0.325 e. The van der Waals surface area contributed by atoms with Gasteiger partial charge in [-0.1, -0.05) is 30.3 Å². The zero-order valence-electron chi connectivity index (χ0n) is 14.7. The molecule has 2 atom stereocenters. The molecule has 2 amide bonds. The zero-order chi connectivity index (χ0) is 18.1. The standard InChI is InChI=1S/C20H22N4O2/c1-13(25)24-10-9-15-11-16(7-8-19(15)24)21-20(26)18-12-17(22-23-18)14-5-3-2-4-6-14/h2-8,11,17-18,22-23H,9-10,12H2,1H3,(H,21,26). The van der Waals surface area contributed by atoms with Crippen molar-refractivity contribution in [2.24, 2.45) is 0 Å². The van der Waals surface area contributed by atoms with Crippen LogP contribution in [0.25, 0.3) is 0 Å². The molecule has 1 fully saturated rings. The van der Waals surface area contributed by atoms with E-state index < -0.39 is 0 Å². The van der Waals surface area contributed by atoms with Gasteiger partial charge in [-0.15, -0.1) is 0 Å². The number of amides is 2. The molecule has 2 aromatic carbocycles. The molecule has 0 bridgehead atoms. The number of rotatable bonds is 3. The molecule has 2 aliphatic heterocycles. The number of fused-ring (bicyclic) bond motifs is 1. The van der Waals surface area contributed by atoms with Crippen molar-refractivity contribution >= 4 is 23.2 Å². The fraction of sp³-hybridized carbons (Fsp3) is 0.300. The van der Waals surface area contributed by atoms with Crippen LogP contribution in [0, 0.1) is 0 Å². The zero-order valence-corrected chi connectivity index (χ0v) is 14.7. The first kappa shape index (κ1) is 16.8. The van der Waals surface area contributed by atoms with E-state index in [0.717, 1.165) is 28.9 Å². The van der Waals surface area contributed by atoms with E-state index in [2.05, 4.69) is 28.3 Å². The fourth-order valence-electron chi connectivity index (χ4n) is 3.67. The predicted molar refractivity (Wildman–Crippen MR) is 101 cm³/mol. The summed E-state index contributed by atoms with van der Waals surface area (Å²) in [5.74, 6) is -0.00831. The molecule has 2 aliphatic rings. The molecule has 2 heterocycles. The van der Waals surface area contributed by atoms with E-state index in [1.165, 1.54) is 0 Å². The summed E-state index contributed by atoms with van der Waals surface area (Å²) in [4.78, 5) is 26.0. The third-order valence-corrected chi connectivity index (χ3v) is 5.04. The van der Waals surface area contributed by atoms with Crippen LogP contribution in [0.15, 0.2) is 48.5 Å². The van der Waals surface area contributed by atoms with Crippen LogP contribution in [-0.2, 0) is 16.0 Å². The molecule has 3 N–H and O–H groups in total. The molecule has 0 aliphatic carbocycles. The summed E-state index contributed by atoms with van der Waals surface area (Å²) in [6, 6.07) is 15.7. The highest BCUT2D eigenvalue weighted by Crippen LogP contribution is 2.31. The summed E-state index contributed by atoms with van der Waals surface area (Å²) >= 11 is 0. The number of carbonyl (C=O) groups is 2. The van der Waals surface area contributed by atoms with Crippen LogP contribution < -0.4 is 21.1 Å². The second-order valence-electron chi connectivity index (χ2n) is 6.79. The van der Waals surface area contributed by atoms with Gasteiger partial charge < -0.3 is 10.2 Å². The van der Waals surface area contributed by atoms with Crippen LogP contribution in [0.4, 0.5) is 11.4 Å². The molecule has 0 radical (unpaired) electrons. The van der Waals surface area contributed by atoms with Crippen LogP contribution >= 0.6 is 0 Å². The molecule has 2 unspecified atom stereocenters. The Bertz CT molecular complexity index is 837. The van der Waals surface area contributed by atoms with Gasteiger partial charge in [0.25, 0.3) is 0 Å². The summed E-state index contributed by atoms with van der Waals surface area (Å²) in [6.45, 7) is 2.28. The van der Waals surface area contributed by atoms with Crippen molar-refractivity contribution in [3.8, 4) is 0 Å². The molecule has 0 saturated carbocycles. The van der Waals surface area contributed by atoms with Crippen molar-refractivity contribution in [3.63, 3.8) is 0 Å². The quantitative estimate of drug-likeness (QED) is 0.793. The number of carbonyl (C=O) groups excluding carboxylic acids is 2. The van der Waals surface area contributed by atoms with Crippen molar-refractivity contribution in [2.75, 3.05) is 16.8 Å². The Morgan fingerprint density at radius 3 is 2.69 bits per heavy atom. The SMILES string of the molecule is CC(=O)N1CCc2cc(NC(=O)C3CC(c4ccccc4)NN3)ccc21. The van der Waals surface area contributed by atoms with E-state index in [-0.39, 0.29) is 23.9 Å². The van der Waals surface area contributed by atoms with Gasteiger partial charge in [0.1, 0.15) is 6.04 Å². The maximum atomic E-state index is 12.6. The lowest BCUT2D eigenvalue weighted by molar-refractivity contribution is -0.118. The molecule has 4 rings (SSSR count).